The van der Waals surface area contributed by atoms with Crippen molar-refractivity contribution in [2.24, 2.45) is 5.92 Å². The van der Waals surface area contributed by atoms with Crippen LogP contribution >= 0.6 is 11.6 Å². The van der Waals surface area contributed by atoms with Gasteiger partial charge in [-0.25, -0.2) is 0 Å². The summed E-state index contributed by atoms with van der Waals surface area (Å²) < 4.78 is 2.13. The Hall–Kier alpha value is -1.25. The van der Waals surface area contributed by atoms with E-state index in [0.29, 0.717) is 5.92 Å². The molecule has 0 saturated carbocycles. The summed E-state index contributed by atoms with van der Waals surface area (Å²) in [6.07, 6.45) is 2.05. The molecule has 0 unspecified atom stereocenters. The summed E-state index contributed by atoms with van der Waals surface area (Å²) in [6, 6.07) is 12.1. The number of rotatable bonds is 5. The van der Waals surface area contributed by atoms with E-state index in [-0.39, 0.29) is 0 Å². The van der Waals surface area contributed by atoms with Crippen molar-refractivity contribution in [2.45, 2.75) is 20.4 Å². The first kappa shape index (κ1) is 13.2. The number of hydrogen-bond acceptors (Lipinski definition) is 1. The second-order valence-corrected chi connectivity index (χ2v) is 5.25. The number of aromatic nitrogens is 1. The van der Waals surface area contributed by atoms with Gasteiger partial charge in [0.25, 0.3) is 0 Å². The van der Waals surface area contributed by atoms with Crippen LogP contribution in [0.4, 0.5) is 0 Å². The highest BCUT2D eigenvalue weighted by molar-refractivity contribution is 6.32. The van der Waals surface area contributed by atoms with Crippen LogP contribution in [-0.2, 0) is 6.54 Å². The molecule has 0 aliphatic rings. The van der Waals surface area contributed by atoms with Crippen LogP contribution in [0.2, 0.25) is 5.02 Å². The van der Waals surface area contributed by atoms with E-state index in [0.717, 1.165) is 23.8 Å². The van der Waals surface area contributed by atoms with Gasteiger partial charge in [-0.15, -0.1) is 0 Å². The smallest absolute Gasteiger partial charge is 0.0646 e. The molecule has 0 spiro atoms. The van der Waals surface area contributed by atoms with Crippen LogP contribution in [0, 0.1) is 5.92 Å². The molecular weight excluding hydrogens is 244 g/mol. The maximum Gasteiger partial charge on any atom is 0.0646 e. The lowest BCUT2D eigenvalue weighted by molar-refractivity contribution is 0.545. The van der Waals surface area contributed by atoms with Gasteiger partial charge >= 0.3 is 0 Å². The van der Waals surface area contributed by atoms with Gasteiger partial charge in [-0.05, 0) is 36.7 Å². The van der Waals surface area contributed by atoms with Crippen LogP contribution in [0.3, 0.4) is 0 Å². The van der Waals surface area contributed by atoms with Crippen molar-refractivity contribution in [3.8, 4) is 5.69 Å². The fourth-order valence-corrected chi connectivity index (χ4v) is 2.16. The maximum atomic E-state index is 6.23. The van der Waals surface area contributed by atoms with Gasteiger partial charge in [0.15, 0.2) is 0 Å². The molecule has 0 fully saturated rings. The van der Waals surface area contributed by atoms with Gasteiger partial charge < -0.3 is 9.88 Å². The lowest BCUT2D eigenvalue weighted by Crippen LogP contribution is -2.20. The largest absolute Gasteiger partial charge is 0.318 e. The van der Waals surface area contributed by atoms with Crippen LogP contribution in [0.5, 0.6) is 0 Å². The quantitative estimate of drug-likeness (QED) is 0.865. The predicted octanol–water partition coefficient (Wildman–Crippen LogP) is 3.88. The SMILES string of the molecule is CC(C)CNCc1cccn1-c1ccccc1Cl. The molecule has 1 aromatic carbocycles. The van der Waals surface area contributed by atoms with Gasteiger partial charge in [0.2, 0.25) is 0 Å². The second-order valence-electron chi connectivity index (χ2n) is 4.85. The highest BCUT2D eigenvalue weighted by Gasteiger charge is 2.06. The molecule has 0 saturated heterocycles. The number of nitrogens with zero attached hydrogens (tertiary/aromatic N) is 1. The average molecular weight is 263 g/mol. The van der Waals surface area contributed by atoms with Gasteiger partial charge in [0.1, 0.15) is 0 Å². The number of para-hydroxylation sites is 1. The van der Waals surface area contributed by atoms with Crippen LogP contribution in [0.1, 0.15) is 19.5 Å². The third-order valence-corrected chi connectivity index (χ3v) is 3.12. The zero-order chi connectivity index (χ0) is 13.0. The summed E-state index contributed by atoms with van der Waals surface area (Å²) in [4.78, 5) is 0. The minimum atomic E-state index is 0.661. The van der Waals surface area contributed by atoms with Gasteiger partial charge in [0.05, 0.1) is 10.7 Å². The van der Waals surface area contributed by atoms with Gasteiger partial charge in [0, 0.05) is 18.4 Å². The minimum Gasteiger partial charge on any atom is -0.318 e. The minimum absolute atomic E-state index is 0.661. The van der Waals surface area contributed by atoms with Crippen molar-refractivity contribution < 1.29 is 0 Å². The summed E-state index contributed by atoms with van der Waals surface area (Å²) in [5.74, 6) is 0.661. The maximum absolute atomic E-state index is 6.23. The molecule has 0 amide bonds. The van der Waals surface area contributed by atoms with Crippen molar-refractivity contribution in [3.63, 3.8) is 0 Å². The lowest BCUT2D eigenvalue weighted by atomic mass is 10.2. The predicted molar refractivity (Wildman–Crippen MR) is 77.3 cm³/mol. The molecule has 1 aromatic heterocycles. The zero-order valence-corrected chi connectivity index (χ0v) is 11.6. The molecular formula is C15H19ClN2. The summed E-state index contributed by atoms with van der Waals surface area (Å²) in [7, 11) is 0. The van der Waals surface area contributed by atoms with Crippen molar-refractivity contribution in [3.05, 3.63) is 53.3 Å². The number of hydrogen-bond donors (Lipinski definition) is 1. The summed E-state index contributed by atoms with van der Waals surface area (Å²) in [6.45, 7) is 6.30. The van der Waals surface area contributed by atoms with Crippen molar-refractivity contribution in [2.75, 3.05) is 6.54 Å². The average Bonchev–Trinajstić information content (AvgIpc) is 2.77. The molecule has 0 bridgehead atoms. The van der Waals surface area contributed by atoms with E-state index < -0.39 is 0 Å². The summed E-state index contributed by atoms with van der Waals surface area (Å²) >= 11 is 6.23. The molecule has 2 rings (SSSR count). The van der Waals surface area contributed by atoms with Crippen molar-refractivity contribution in [1.82, 2.24) is 9.88 Å². The van der Waals surface area contributed by atoms with E-state index in [1.807, 2.05) is 30.5 Å². The highest BCUT2D eigenvalue weighted by atomic mass is 35.5. The van der Waals surface area contributed by atoms with Crippen LogP contribution in [0.15, 0.2) is 42.6 Å². The first-order chi connectivity index (χ1) is 8.68. The number of benzene rings is 1. The first-order valence-electron chi connectivity index (χ1n) is 6.30. The molecule has 0 radical (unpaired) electrons. The standard InChI is InChI=1S/C15H19ClN2/c1-12(2)10-17-11-13-6-5-9-18(13)15-8-4-3-7-14(15)16/h3-9,12,17H,10-11H2,1-2H3. The fraction of sp³-hybridized carbons (Fsp3) is 0.333. The molecule has 0 aliphatic heterocycles. The Kier molecular flexibility index (Phi) is 4.45. The summed E-state index contributed by atoms with van der Waals surface area (Å²) in [5.41, 5.74) is 2.26. The normalized spacial score (nSPS) is 11.1. The fourth-order valence-electron chi connectivity index (χ4n) is 1.93. The Morgan fingerprint density at radius 1 is 1.17 bits per heavy atom. The molecule has 2 nitrogen and oxygen atoms in total. The van der Waals surface area contributed by atoms with E-state index in [2.05, 4.69) is 35.9 Å². The van der Waals surface area contributed by atoms with Crippen molar-refractivity contribution >= 4 is 11.6 Å². The van der Waals surface area contributed by atoms with E-state index in [9.17, 15) is 0 Å². The molecule has 1 N–H and O–H groups in total. The number of halogens is 1. The Labute approximate surface area is 114 Å². The molecule has 3 heteroatoms. The molecule has 2 aromatic rings. The van der Waals surface area contributed by atoms with E-state index >= 15 is 0 Å². The topological polar surface area (TPSA) is 17.0 Å². The monoisotopic (exact) mass is 262 g/mol. The summed E-state index contributed by atoms with van der Waals surface area (Å²) in [5, 5.41) is 4.23. The molecule has 0 aliphatic carbocycles. The highest BCUT2D eigenvalue weighted by Crippen LogP contribution is 2.21. The molecule has 96 valence electrons. The lowest BCUT2D eigenvalue weighted by Gasteiger charge is -2.12. The van der Waals surface area contributed by atoms with Crippen LogP contribution < -0.4 is 5.32 Å². The third kappa shape index (κ3) is 3.15. The molecule has 0 atom stereocenters. The Morgan fingerprint density at radius 2 is 1.94 bits per heavy atom. The van der Waals surface area contributed by atoms with E-state index in [1.165, 1.54) is 5.69 Å². The second kappa shape index (κ2) is 6.07. The van der Waals surface area contributed by atoms with Crippen LogP contribution in [0.25, 0.3) is 5.69 Å². The molecule has 1 heterocycles. The number of nitrogens with one attached hydrogen (secondary N) is 1. The van der Waals surface area contributed by atoms with Gasteiger partial charge in [-0.1, -0.05) is 37.6 Å². The van der Waals surface area contributed by atoms with Crippen molar-refractivity contribution in [1.29, 1.82) is 0 Å². The first-order valence-corrected chi connectivity index (χ1v) is 6.68. The Balaban J connectivity index is 2.15. The van der Waals surface area contributed by atoms with E-state index in [4.69, 9.17) is 11.6 Å². The van der Waals surface area contributed by atoms with Gasteiger partial charge in [-0.3, -0.25) is 0 Å². The Morgan fingerprint density at radius 3 is 2.67 bits per heavy atom. The molecule has 18 heavy (non-hydrogen) atoms. The third-order valence-electron chi connectivity index (χ3n) is 2.80. The van der Waals surface area contributed by atoms with Gasteiger partial charge in [-0.2, -0.15) is 0 Å². The van der Waals surface area contributed by atoms with Crippen LogP contribution in [-0.4, -0.2) is 11.1 Å². The van der Waals surface area contributed by atoms with E-state index in [1.54, 1.807) is 0 Å². The Bertz CT molecular complexity index is 503. The zero-order valence-electron chi connectivity index (χ0n) is 10.9.